The highest BCUT2D eigenvalue weighted by Gasteiger charge is 2.51. The number of carbonyl (C=O) groups excluding carboxylic acids is 2. The molecule has 0 aromatic heterocycles. The predicted octanol–water partition coefficient (Wildman–Crippen LogP) is 6.74. The number of Topliss-reactive ketones (excluding diaryl/α,β-unsaturated/α-hetero) is 1. The molecule has 0 radical (unpaired) electrons. The molecule has 36 heavy (non-hydrogen) atoms. The molecule has 4 nitrogen and oxygen atoms in total. The summed E-state index contributed by atoms with van der Waals surface area (Å²) in [4.78, 5) is 26.4. The molecule has 2 aliphatic heterocycles. The lowest BCUT2D eigenvalue weighted by Gasteiger charge is -2.39. The number of alkyl halides is 1. The Hall–Kier alpha value is -2.27. The maximum absolute atomic E-state index is 14.5. The molecule has 2 fully saturated rings. The third-order valence-corrected chi connectivity index (χ3v) is 8.57. The van der Waals surface area contributed by atoms with E-state index in [1.807, 2.05) is 19.1 Å². The highest BCUT2D eigenvalue weighted by molar-refractivity contribution is 6.15. The van der Waals surface area contributed by atoms with Gasteiger partial charge in [-0.2, -0.15) is 0 Å². The molecule has 196 valence electrons. The van der Waals surface area contributed by atoms with Gasteiger partial charge >= 0.3 is 5.97 Å². The summed E-state index contributed by atoms with van der Waals surface area (Å²) in [6.45, 7) is 12.7. The first kappa shape index (κ1) is 26.8. The van der Waals surface area contributed by atoms with E-state index >= 15 is 0 Å². The molecule has 1 aromatic rings. The van der Waals surface area contributed by atoms with E-state index < -0.39 is 11.3 Å². The molecule has 1 aromatic carbocycles. The van der Waals surface area contributed by atoms with E-state index in [2.05, 4.69) is 6.58 Å². The van der Waals surface area contributed by atoms with Crippen LogP contribution in [-0.2, 0) is 37.6 Å². The van der Waals surface area contributed by atoms with E-state index in [0.717, 1.165) is 56.4 Å². The largest absolute Gasteiger partial charge is 0.451 e. The molecular formula is C31H41FO4. The van der Waals surface area contributed by atoms with Gasteiger partial charge in [-0.15, -0.1) is 0 Å². The van der Waals surface area contributed by atoms with E-state index in [9.17, 15) is 14.0 Å². The number of esters is 1. The Kier molecular flexibility index (Phi) is 7.89. The SMILES string of the molecule is C=C(Cc1ccc(C(C)(C)F)cc1CC)C(=O)C1=C(C)C(=O)OC12CCC(CC1CCOCC1)CC2. The van der Waals surface area contributed by atoms with Gasteiger partial charge in [0.25, 0.3) is 0 Å². The first-order chi connectivity index (χ1) is 17.0. The van der Waals surface area contributed by atoms with Crippen molar-refractivity contribution in [2.75, 3.05) is 13.2 Å². The number of rotatable bonds is 8. The Morgan fingerprint density at radius 1 is 1.11 bits per heavy atom. The fourth-order valence-electron chi connectivity index (χ4n) is 6.30. The van der Waals surface area contributed by atoms with Gasteiger partial charge in [0, 0.05) is 25.2 Å². The van der Waals surface area contributed by atoms with Gasteiger partial charge in [0.05, 0.1) is 5.57 Å². The number of ether oxygens (including phenoxy) is 2. The molecule has 0 unspecified atom stereocenters. The zero-order valence-electron chi connectivity index (χ0n) is 22.4. The fourth-order valence-corrected chi connectivity index (χ4v) is 6.30. The maximum atomic E-state index is 14.5. The van der Waals surface area contributed by atoms with Gasteiger partial charge in [-0.25, -0.2) is 9.18 Å². The molecule has 0 N–H and O–H groups in total. The van der Waals surface area contributed by atoms with Crippen LogP contribution in [-0.4, -0.2) is 30.6 Å². The van der Waals surface area contributed by atoms with Crippen LogP contribution in [0.15, 0.2) is 41.5 Å². The highest BCUT2D eigenvalue weighted by Crippen LogP contribution is 2.48. The zero-order chi connectivity index (χ0) is 26.1. The van der Waals surface area contributed by atoms with Gasteiger partial charge in [0.2, 0.25) is 0 Å². The van der Waals surface area contributed by atoms with Crippen molar-refractivity contribution >= 4 is 11.8 Å². The fraction of sp³-hybridized carbons (Fsp3) is 0.613. The minimum atomic E-state index is -1.42. The Morgan fingerprint density at radius 2 is 1.75 bits per heavy atom. The summed E-state index contributed by atoms with van der Waals surface area (Å²) < 4.78 is 25.9. The van der Waals surface area contributed by atoms with Crippen molar-refractivity contribution in [3.8, 4) is 0 Å². The van der Waals surface area contributed by atoms with Crippen molar-refractivity contribution in [3.05, 3.63) is 58.2 Å². The molecule has 1 saturated heterocycles. The number of hydrogen-bond donors (Lipinski definition) is 0. The van der Waals surface area contributed by atoms with Gasteiger partial charge in [0.1, 0.15) is 11.3 Å². The summed E-state index contributed by atoms with van der Waals surface area (Å²) in [5, 5.41) is 0. The number of aryl methyl sites for hydroxylation is 1. The lowest BCUT2D eigenvalue weighted by atomic mass is 9.70. The molecule has 1 saturated carbocycles. The number of ketones is 1. The summed E-state index contributed by atoms with van der Waals surface area (Å²) in [5.74, 6) is 0.767. The Balaban J connectivity index is 1.48. The Bertz CT molecular complexity index is 1050. The standard InChI is InChI=1S/C31H41FO4/c1-6-24-19-26(30(4,5)32)8-7-25(24)17-20(2)28(33)27-21(3)29(34)36-31(27)13-9-22(10-14-31)18-23-11-15-35-16-12-23/h7-8,19,22-23H,2,6,9-18H2,1,3-5H3. The van der Waals surface area contributed by atoms with E-state index in [0.29, 0.717) is 53.4 Å². The third-order valence-electron chi connectivity index (χ3n) is 8.57. The topological polar surface area (TPSA) is 52.6 Å². The molecule has 1 aliphatic carbocycles. The first-order valence-electron chi connectivity index (χ1n) is 13.6. The van der Waals surface area contributed by atoms with Crippen molar-refractivity contribution in [1.29, 1.82) is 0 Å². The molecular weight excluding hydrogens is 455 g/mol. The van der Waals surface area contributed by atoms with Crippen LogP contribution >= 0.6 is 0 Å². The number of allylic oxidation sites excluding steroid dienone is 1. The van der Waals surface area contributed by atoms with E-state index in [1.165, 1.54) is 6.42 Å². The third kappa shape index (κ3) is 5.51. The van der Waals surface area contributed by atoms with Crippen molar-refractivity contribution in [2.24, 2.45) is 11.8 Å². The summed E-state index contributed by atoms with van der Waals surface area (Å²) >= 11 is 0. The second kappa shape index (κ2) is 10.6. The van der Waals surface area contributed by atoms with Crippen LogP contribution in [0.4, 0.5) is 4.39 Å². The minimum absolute atomic E-state index is 0.168. The zero-order valence-corrected chi connectivity index (χ0v) is 22.4. The highest BCUT2D eigenvalue weighted by atomic mass is 19.1. The van der Waals surface area contributed by atoms with Crippen molar-refractivity contribution < 1.29 is 23.5 Å². The van der Waals surface area contributed by atoms with Gasteiger partial charge in [-0.3, -0.25) is 4.79 Å². The lowest BCUT2D eigenvalue weighted by molar-refractivity contribution is -0.150. The van der Waals surface area contributed by atoms with Gasteiger partial charge in [0.15, 0.2) is 5.78 Å². The summed E-state index contributed by atoms with van der Waals surface area (Å²) in [7, 11) is 0. The van der Waals surface area contributed by atoms with Crippen LogP contribution in [0.2, 0.25) is 0 Å². The molecule has 4 rings (SSSR count). The minimum Gasteiger partial charge on any atom is -0.451 e. The Labute approximate surface area is 215 Å². The van der Waals surface area contributed by atoms with Crippen LogP contribution in [0.5, 0.6) is 0 Å². The molecule has 0 amide bonds. The monoisotopic (exact) mass is 496 g/mol. The number of halogens is 1. The molecule has 2 heterocycles. The summed E-state index contributed by atoms with van der Waals surface area (Å²) in [6, 6.07) is 5.59. The maximum Gasteiger partial charge on any atom is 0.335 e. The van der Waals surface area contributed by atoms with Gasteiger partial charge < -0.3 is 9.47 Å². The normalized spacial score (nSPS) is 25.4. The number of hydrogen-bond acceptors (Lipinski definition) is 4. The predicted molar refractivity (Wildman–Crippen MR) is 139 cm³/mol. The number of carbonyl (C=O) groups is 2. The summed E-state index contributed by atoms with van der Waals surface area (Å²) in [5.41, 5.74) is 1.77. The van der Waals surface area contributed by atoms with Gasteiger partial charge in [-0.1, -0.05) is 31.7 Å². The van der Waals surface area contributed by atoms with Crippen molar-refractivity contribution in [1.82, 2.24) is 0 Å². The molecule has 5 heteroatoms. The molecule has 0 atom stereocenters. The van der Waals surface area contributed by atoms with Crippen molar-refractivity contribution in [2.45, 2.75) is 96.8 Å². The summed E-state index contributed by atoms with van der Waals surface area (Å²) in [6.07, 6.45) is 7.87. The van der Waals surface area contributed by atoms with Crippen LogP contribution in [0.25, 0.3) is 0 Å². The Morgan fingerprint density at radius 3 is 2.36 bits per heavy atom. The smallest absolute Gasteiger partial charge is 0.335 e. The van der Waals surface area contributed by atoms with E-state index in [1.54, 1.807) is 26.8 Å². The number of benzene rings is 1. The molecule has 1 spiro atoms. The van der Waals surface area contributed by atoms with Gasteiger partial charge in [-0.05, 0) is 106 Å². The van der Waals surface area contributed by atoms with Crippen LogP contribution in [0.3, 0.4) is 0 Å². The second-order valence-electron chi connectivity index (χ2n) is 11.5. The first-order valence-corrected chi connectivity index (χ1v) is 13.6. The molecule has 3 aliphatic rings. The molecule has 0 bridgehead atoms. The second-order valence-corrected chi connectivity index (χ2v) is 11.5. The van der Waals surface area contributed by atoms with Crippen molar-refractivity contribution in [3.63, 3.8) is 0 Å². The van der Waals surface area contributed by atoms with E-state index in [4.69, 9.17) is 9.47 Å². The average molecular weight is 497 g/mol. The average Bonchev–Trinajstić information content (AvgIpc) is 3.09. The van der Waals surface area contributed by atoms with Crippen LogP contribution < -0.4 is 0 Å². The lowest BCUT2D eigenvalue weighted by Crippen LogP contribution is -2.40. The van der Waals surface area contributed by atoms with Crippen LogP contribution in [0, 0.1) is 11.8 Å². The van der Waals surface area contributed by atoms with Crippen LogP contribution in [0.1, 0.15) is 89.3 Å². The quantitative estimate of drug-likeness (QED) is 0.295. The van der Waals surface area contributed by atoms with E-state index in [-0.39, 0.29) is 11.8 Å².